The van der Waals surface area contributed by atoms with Gasteiger partial charge in [0.25, 0.3) is 11.9 Å². The molecule has 0 unspecified atom stereocenters. The fourth-order valence-electron chi connectivity index (χ4n) is 4.89. The van der Waals surface area contributed by atoms with Gasteiger partial charge in [0.15, 0.2) is 11.2 Å². The maximum Gasteiger partial charge on any atom is 0.287 e. The molecule has 4 aromatic rings. The van der Waals surface area contributed by atoms with Crippen LogP contribution in [0.4, 0.5) is 0 Å². The van der Waals surface area contributed by atoms with Crippen LogP contribution < -0.4 is 9.30 Å². The van der Waals surface area contributed by atoms with Gasteiger partial charge in [-0.1, -0.05) is 38.1 Å². The van der Waals surface area contributed by atoms with Crippen LogP contribution in [0, 0.1) is 19.4 Å². The quantitative estimate of drug-likeness (QED) is 0.241. The fraction of sp³-hybridized carbons (Fsp3) is 0.321. The first-order chi connectivity index (χ1) is 15.2. The standard InChI is InChI=1S/C28H28N3O/c1-16(2)12-21-20-11-9-8-10-19(20)17(3)24-26-25-22(30-15-31(26)7)13-18(28(4,5)29-6)14-23(25)32-27(21)24/h8-11,13-16H,12H2,1-5,7H3/q+1. The molecule has 160 valence electrons. The molecule has 4 heteroatoms. The Morgan fingerprint density at radius 1 is 1.16 bits per heavy atom. The van der Waals surface area contributed by atoms with Gasteiger partial charge in [-0.2, -0.15) is 0 Å². The van der Waals surface area contributed by atoms with E-state index in [0.29, 0.717) is 5.92 Å². The maximum atomic E-state index is 7.68. The molecule has 5 rings (SSSR count). The van der Waals surface area contributed by atoms with Crippen molar-refractivity contribution >= 4 is 21.7 Å². The molecule has 1 aliphatic rings. The summed E-state index contributed by atoms with van der Waals surface area (Å²) in [6.07, 6.45) is 2.81. The predicted octanol–water partition coefficient (Wildman–Crippen LogP) is 6.65. The van der Waals surface area contributed by atoms with Crippen LogP contribution >= 0.6 is 0 Å². The third-order valence-corrected chi connectivity index (χ3v) is 6.62. The first kappa shape index (κ1) is 20.5. The minimum Gasteiger partial charge on any atom is -0.455 e. The highest BCUT2D eigenvalue weighted by atomic mass is 16.5. The van der Waals surface area contributed by atoms with Crippen LogP contribution in [-0.4, -0.2) is 4.98 Å². The van der Waals surface area contributed by atoms with Crippen molar-refractivity contribution in [3.8, 4) is 22.8 Å². The normalized spacial score (nSPS) is 12.7. The molecule has 0 fully saturated rings. The highest BCUT2D eigenvalue weighted by Crippen LogP contribution is 2.51. The van der Waals surface area contributed by atoms with Crippen molar-refractivity contribution in [2.75, 3.05) is 0 Å². The summed E-state index contributed by atoms with van der Waals surface area (Å²) in [6.45, 7) is 18.2. The average molecular weight is 423 g/mol. The lowest BCUT2D eigenvalue weighted by Gasteiger charge is -2.27. The molecule has 0 aliphatic carbocycles. The fourth-order valence-corrected chi connectivity index (χ4v) is 4.89. The van der Waals surface area contributed by atoms with Gasteiger partial charge in [-0.25, -0.2) is 11.1 Å². The van der Waals surface area contributed by atoms with E-state index >= 15 is 0 Å². The second-order valence-corrected chi connectivity index (χ2v) is 9.80. The topological polar surface area (TPSA) is 30.4 Å². The lowest BCUT2D eigenvalue weighted by Crippen LogP contribution is -2.33. The van der Waals surface area contributed by atoms with Gasteiger partial charge in [-0.3, -0.25) is 0 Å². The number of aromatic nitrogens is 2. The van der Waals surface area contributed by atoms with Crippen LogP contribution in [0.5, 0.6) is 11.5 Å². The number of ether oxygens (including phenoxy) is 1. The molecular weight excluding hydrogens is 394 g/mol. The Bertz CT molecular complexity index is 1460. The number of aryl methyl sites for hydroxylation is 2. The molecule has 0 spiro atoms. The Hall–Kier alpha value is -3.45. The van der Waals surface area contributed by atoms with Crippen LogP contribution in [0.25, 0.3) is 37.8 Å². The molecule has 0 saturated heterocycles. The number of nitrogens with zero attached hydrogens (tertiary/aromatic N) is 3. The van der Waals surface area contributed by atoms with Crippen molar-refractivity contribution in [3.63, 3.8) is 0 Å². The highest BCUT2D eigenvalue weighted by molar-refractivity contribution is 6.05. The van der Waals surface area contributed by atoms with Gasteiger partial charge < -0.3 is 9.58 Å². The van der Waals surface area contributed by atoms with Gasteiger partial charge in [-0.05, 0) is 46.6 Å². The van der Waals surface area contributed by atoms with Crippen LogP contribution in [0.3, 0.4) is 0 Å². The molecule has 1 aromatic heterocycles. The van der Waals surface area contributed by atoms with Gasteiger partial charge in [0.05, 0.1) is 12.6 Å². The summed E-state index contributed by atoms with van der Waals surface area (Å²) in [4.78, 5) is 8.56. The minimum atomic E-state index is -0.645. The molecule has 0 saturated carbocycles. The molecule has 32 heavy (non-hydrogen) atoms. The van der Waals surface area contributed by atoms with E-state index in [-0.39, 0.29) is 0 Å². The van der Waals surface area contributed by atoms with Crippen LogP contribution in [0.15, 0.2) is 42.7 Å². The number of hydrogen-bond acceptors (Lipinski definition) is 2. The molecule has 3 aromatic carbocycles. The smallest absolute Gasteiger partial charge is 0.287 e. The van der Waals surface area contributed by atoms with E-state index < -0.39 is 5.54 Å². The second kappa shape index (κ2) is 7.03. The summed E-state index contributed by atoms with van der Waals surface area (Å²) in [6, 6.07) is 12.7. The van der Waals surface area contributed by atoms with E-state index in [2.05, 4.69) is 54.4 Å². The molecule has 0 amide bonds. The van der Waals surface area contributed by atoms with E-state index in [1.165, 1.54) is 21.9 Å². The molecule has 0 radical (unpaired) electrons. The van der Waals surface area contributed by atoms with Crippen LogP contribution in [0.2, 0.25) is 0 Å². The number of fused-ring (bicyclic) bond motifs is 3. The second-order valence-electron chi connectivity index (χ2n) is 9.80. The molecule has 2 heterocycles. The molecule has 4 nitrogen and oxygen atoms in total. The Labute approximate surface area is 189 Å². The van der Waals surface area contributed by atoms with Crippen molar-refractivity contribution in [1.29, 1.82) is 0 Å². The molecule has 0 atom stereocenters. The number of rotatable bonds is 3. The molecule has 0 N–H and O–H groups in total. The average Bonchev–Trinajstić information content (AvgIpc) is 2.77. The zero-order valence-corrected chi connectivity index (χ0v) is 19.6. The summed E-state index contributed by atoms with van der Waals surface area (Å²) >= 11 is 0. The van der Waals surface area contributed by atoms with Crippen LogP contribution in [0.1, 0.15) is 44.4 Å². The summed E-state index contributed by atoms with van der Waals surface area (Å²) in [5.74, 6) is 2.23. The minimum absolute atomic E-state index is 0.494. The Kier molecular flexibility index (Phi) is 4.49. The van der Waals surface area contributed by atoms with E-state index in [4.69, 9.17) is 16.3 Å². The van der Waals surface area contributed by atoms with E-state index in [9.17, 15) is 0 Å². The third kappa shape index (κ3) is 2.88. The molecular formula is C28H28N3O+. The predicted molar refractivity (Wildman–Crippen MR) is 129 cm³/mol. The molecule has 1 aliphatic heterocycles. The van der Waals surface area contributed by atoms with Gasteiger partial charge in [0.1, 0.15) is 16.9 Å². The molecule has 0 bridgehead atoms. The Morgan fingerprint density at radius 2 is 1.88 bits per heavy atom. The first-order valence-corrected chi connectivity index (χ1v) is 11.2. The SMILES string of the molecule is [C-]#[N+]C(C)(C)c1cc2c3c([n+](C)cnc3c1)-c1c(c(CC(C)C)c3ccccc3c1C)O2. The first-order valence-electron chi connectivity index (χ1n) is 11.2. The number of hydrogen-bond donors (Lipinski definition) is 0. The van der Waals surface area contributed by atoms with E-state index in [1.807, 2.05) is 39.4 Å². The Morgan fingerprint density at radius 3 is 2.56 bits per heavy atom. The van der Waals surface area contributed by atoms with Crippen molar-refractivity contribution in [2.45, 2.75) is 46.6 Å². The third-order valence-electron chi connectivity index (χ3n) is 6.62. The van der Waals surface area contributed by atoms with Gasteiger partial charge >= 0.3 is 0 Å². The summed E-state index contributed by atoms with van der Waals surface area (Å²) in [5.41, 5.74) is 5.91. The largest absolute Gasteiger partial charge is 0.455 e. The van der Waals surface area contributed by atoms with E-state index in [0.717, 1.165) is 45.6 Å². The Balaban J connectivity index is 1.94. The summed E-state index contributed by atoms with van der Waals surface area (Å²) in [5, 5.41) is 3.54. The van der Waals surface area contributed by atoms with Crippen molar-refractivity contribution < 1.29 is 9.30 Å². The summed E-state index contributed by atoms with van der Waals surface area (Å²) in [7, 11) is 2.05. The van der Waals surface area contributed by atoms with Gasteiger partial charge in [0.2, 0.25) is 0 Å². The summed E-state index contributed by atoms with van der Waals surface area (Å²) < 4.78 is 8.85. The lowest BCUT2D eigenvalue weighted by molar-refractivity contribution is -0.662. The monoisotopic (exact) mass is 422 g/mol. The zero-order valence-electron chi connectivity index (χ0n) is 19.6. The van der Waals surface area contributed by atoms with Crippen molar-refractivity contribution in [3.05, 3.63) is 70.8 Å². The number of benzene rings is 3. The van der Waals surface area contributed by atoms with Crippen molar-refractivity contribution in [1.82, 2.24) is 4.98 Å². The van der Waals surface area contributed by atoms with E-state index in [1.54, 1.807) is 0 Å². The van der Waals surface area contributed by atoms with Gasteiger partial charge in [0, 0.05) is 31.0 Å². The zero-order chi connectivity index (χ0) is 22.8. The van der Waals surface area contributed by atoms with Crippen molar-refractivity contribution in [2.24, 2.45) is 13.0 Å². The highest BCUT2D eigenvalue weighted by Gasteiger charge is 2.35. The van der Waals surface area contributed by atoms with Crippen LogP contribution in [-0.2, 0) is 19.0 Å². The maximum absolute atomic E-state index is 7.68. The van der Waals surface area contributed by atoms with Gasteiger partial charge in [-0.15, -0.1) is 0 Å². The lowest BCUT2D eigenvalue weighted by atomic mass is 9.86.